The van der Waals surface area contributed by atoms with Crippen molar-refractivity contribution in [2.45, 2.75) is 167 Å². The molecule has 0 aliphatic heterocycles. The lowest BCUT2D eigenvalue weighted by atomic mass is 10.1. The summed E-state index contributed by atoms with van der Waals surface area (Å²) in [6, 6.07) is 0. The second-order valence-corrected chi connectivity index (χ2v) is 15.5. The number of esters is 2. The first kappa shape index (κ1) is 52.5. The Morgan fingerprint density at radius 3 is 1.67 bits per heavy atom. The van der Waals surface area contributed by atoms with E-state index in [-0.39, 0.29) is 19.4 Å². The van der Waals surface area contributed by atoms with Gasteiger partial charge in [0.2, 0.25) is 0 Å². The number of amides is 1. The number of phosphoric ester groups is 1. The zero-order valence-electron chi connectivity index (χ0n) is 33.9. The molecule has 0 saturated carbocycles. The van der Waals surface area contributed by atoms with Crippen LogP contribution in [0.1, 0.15) is 171 Å². The van der Waals surface area contributed by atoms with E-state index < -0.39 is 79.5 Å². The summed E-state index contributed by atoms with van der Waals surface area (Å²) >= 11 is 0. The third-order valence-corrected chi connectivity index (χ3v) is 9.74. The van der Waals surface area contributed by atoms with Gasteiger partial charge in [-0.15, -0.1) is 0 Å². The molecule has 0 spiro atoms. The predicted octanol–water partition coefficient (Wildman–Crippen LogP) is 11.4. The van der Waals surface area contributed by atoms with Crippen LogP contribution in [0, 0.1) is 23.3 Å². The molecule has 0 unspecified atom stereocenters. The summed E-state index contributed by atoms with van der Waals surface area (Å²) < 4.78 is 82.3. The Morgan fingerprint density at radius 2 is 1.17 bits per heavy atom. The van der Waals surface area contributed by atoms with Crippen LogP contribution in [0.4, 0.5) is 23.2 Å². The first-order valence-corrected chi connectivity index (χ1v) is 22.2. The molecule has 58 heavy (non-hydrogen) atoms. The van der Waals surface area contributed by atoms with Gasteiger partial charge in [0.25, 0.3) is 5.91 Å². The highest BCUT2D eigenvalue weighted by Crippen LogP contribution is 2.36. The molecule has 1 aromatic carbocycles. The number of hydrogen-bond acceptors (Lipinski definition) is 8. The molecule has 0 fully saturated rings. The normalized spacial score (nSPS) is 12.1. The minimum absolute atomic E-state index is 0.0209. The number of ether oxygens (including phenoxy) is 2. The average Bonchev–Trinajstić information content (AvgIpc) is 3.18. The number of carbonyl (C=O) groups excluding carboxylic acids is 3. The third-order valence-electron chi connectivity index (χ3n) is 9.25. The van der Waals surface area contributed by atoms with E-state index in [1.807, 2.05) is 0 Å². The maximum absolute atomic E-state index is 14.1. The second kappa shape index (κ2) is 32.4. The summed E-state index contributed by atoms with van der Waals surface area (Å²) in [7, 11) is -4.83. The number of azide groups is 1. The van der Waals surface area contributed by atoms with Gasteiger partial charge in [0.15, 0.2) is 29.4 Å². The van der Waals surface area contributed by atoms with E-state index in [1.165, 1.54) is 38.5 Å². The number of phosphoric acid groups is 1. The van der Waals surface area contributed by atoms with E-state index in [0.29, 0.717) is 25.7 Å². The predicted molar refractivity (Wildman–Crippen MR) is 212 cm³/mol. The monoisotopic (exact) mass is 850 g/mol. The topological polar surface area (TPSA) is 197 Å². The van der Waals surface area contributed by atoms with E-state index in [1.54, 1.807) is 0 Å². The van der Waals surface area contributed by atoms with Gasteiger partial charge < -0.3 is 24.6 Å². The number of hydrogen-bond donors (Lipinski definition) is 3. The molecule has 18 heteroatoms. The Labute approximate surface area is 339 Å². The fraction of sp³-hybridized carbons (Fsp3) is 0.725. The molecule has 0 saturated heterocycles. The zero-order valence-corrected chi connectivity index (χ0v) is 34.8. The molecule has 1 atom stereocenters. The van der Waals surface area contributed by atoms with Crippen molar-refractivity contribution in [1.82, 2.24) is 5.32 Å². The number of allylic oxidation sites excluding steroid dienone is 2. The van der Waals surface area contributed by atoms with E-state index in [0.717, 1.165) is 77.0 Å². The van der Waals surface area contributed by atoms with Crippen LogP contribution in [0.25, 0.3) is 10.4 Å². The van der Waals surface area contributed by atoms with Crippen molar-refractivity contribution < 1.29 is 60.3 Å². The molecule has 1 amide bonds. The van der Waals surface area contributed by atoms with Gasteiger partial charge in [0, 0.05) is 24.3 Å². The summed E-state index contributed by atoms with van der Waals surface area (Å²) in [5, 5.41) is 4.81. The average molecular weight is 851 g/mol. The van der Waals surface area contributed by atoms with E-state index in [9.17, 15) is 36.5 Å². The lowest BCUT2D eigenvalue weighted by Crippen LogP contribution is -2.29. The Bertz CT molecular complexity index is 1460. The minimum Gasteiger partial charge on any atom is -0.462 e. The van der Waals surface area contributed by atoms with Crippen LogP contribution in [0.2, 0.25) is 0 Å². The molecular formula is C40H63F4N4O9P. The zero-order chi connectivity index (χ0) is 43.0. The van der Waals surface area contributed by atoms with Gasteiger partial charge in [0.1, 0.15) is 17.9 Å². The van der Waals surface area contributed by atoms with Gasteiger partial charge in [-0.05, 0) is 50.5 Å². The molecule has 1 rings (SSSR count). The lowest BCUT2D eigenvalue weighted by molar-refractivity contribution is -0.161. The van der Waals surface area contributed by atoms with Crippen LogP contribution < -0.4 is 5.32 Å². The smallest absolute Gasteiger partial charge is 0.462 e. The van der Waals surface area contributed by atoms with Crippen molar-refractivity contribution in [3.8, 4) is 0 Å². The van der Waals surface area contributed by atoms with Crippen molar-refractivity contribution in [3.63, 3.8) is 0 Å². The number of rotatable bonds is 35. The van der Waals surface area contributed by atoms with Crippen molar-refractivity contribution in [1.29, 1.82) is 0 Å². The highest BCUT2D eigenvalue weighted by Gasteiger charge is 2.29. The summed E-state index contributed by atoms with van der Waals surface area (Å²) in [5.74, 6) is -10.3. The maximum Gasteiger partial charge on any atom is 0.469 e. The molecule has 1 aromatic rings. The van der Waals surface area contributed by atoms with Gasteiger partial charge in [0.05, 0.1) is 6.61 Å². The van der Waals surface area contributed by atoms with Crippen LogP contribution >= 0.6 is 7.82 Å². The molecule has 0 aromatic heterocycles. The fourth-order valence-electron chi connectivity index (χ4n) is 6.01. The standard InChI is InChI=1S/C40H63F4N4O9P/c1-2-3-4-5-6-7-8-9-10-11-12-14-18-21-24-27-33(50)57-31(30-56-58(52,53)54)29-55-32(49)26-23-20-17-15-13-16-19-22-25-28-46-40(51)34-35(41)37(43)39(47-48-45)38(44)36(34)42/h9-10,31H,2-8,11-30H2,1H3,(H,46,51)(H2,52,53,54)/t31-/m1/s1. The Morgan fingerprint density at radius 1 is 0.707 bits per heavy atom. The highest BCUT2D eigenvalue weighted by atomic mass is 31.2. The third kappa shape index (κ3) is 25.1. The molecular weight excluding hydrogens is 787 g/mol. The minimum atomic E-state index is -4.83. The SMILES string of the molecule is CCCCCCCCC=CCCCCCCCC(=O)O[C@H](COC(=O)CCCCCCCCCCCNC(=O)c1c(F)c(F)c(N=[N+]=[N-])c(F)c1F)COP(=O)(O)O. The Hall–Kier alpha value is -3.49. The Balaban J connectivity index is 2.17. The summed E-state index contributed by atoms with van der Waals surface area (Å²) in [6.45, 7) is 1.23. The van der Waals surface area contributed by atoms with Crippen LogP contribution in [-0.2, 0) is 28.2 Å². The van der Waals surface area contributed by atoms with Crippen molar-refractivity contribution >= 4 is 31.4 Å². The number of halogens is 4. The molecule has 3 N–H and O–H groups in total. The lowest BCUT2D eigenvalue weighted by Gasteiger charge is -2.18. The number of nitrogens with zero attached hydrogens (tertiary/aromatic N) is 3. The van der Waals surface area contributed by atoms with Gasteiger partial charge in [-0.2, -0.15) is 0 Å². The first-order chi connectivity index (χ1) is 27.8. The van der Waals surface area contributed by atoms with Crippen LogP contribution in [0.5, 0.6) is 0 Å². The van der Waals surface area contributed by atoms with Crippen molar-refractivity contribution in [3.05, 3.63) is 51.4 Å². The van der Waals surface area contributed by atoms with E-state index in [4.69, 9.17) is 24.8 Å². The summed E-state index contributed by atoms with van der Waals surface area (Å²) in [5.41, 5.74) is 5.38. The number of carbonyl (C=O) groups is 3. The van der Waals surface area contributed by atoms with Crippen LogP contribution in [0.15, 0.2) is 17.3 Å². The number of unbranched alkanes of at least 4 members (excludes halogenated alkanes) is 19. The fourth-order valence-corrected chi connectivity index (χ4v) is 6.37. The molecule has 0 aliphatic carbocycles. The summed E-state index contributed by atoms with van der Waals surface area (Å²) in [4.78, 5) is 57.1. The second-order valence-electron chi connectivity index (χ2n) is 14.3. The molecule has 0 heterocycles. The number of benzene rings is 1. The van der Waals surface area contributed by atoms with Crippen LogP contribution in [-0.4, -0.2) is 53.5 Å². The molecule has 0 bridgehead atoms. The van der Waals surface area contributed by atoms with E-state index in [2.05, 4.69) is 38.9 Å². The molecule has 13 nitrogen and oxygen atoms in total. The number of nitrogens with one attached hydrogen (secondary N) is 1. The quantitative estimate of drug-likeness (QED) is 0.00684. The molecule has 330 valence electrons. The van der Waals surface area contributed by atoms with Crippen LogP contribution in [0.3, 0.4) is 0 Å². The van der Waals surface area contributed by atoms with Crippen molar-refractivity contribution in [2.75, 3.05) is 19.8 Å². The van der Waals surface area contributed by atoms with Gasteiger partial charge in [-0.3, -0.25) is 18.9 Å². The van der Waals surface area contributed by atoms with Gasteiger partial charge in [-0.1, -0.05) is 121 Å². The molecule has 0 radical (unpaired) electrons. The highest BCUT2D eigenvalue weighted by molar-refractivity contribution is 7.46. The Kier molecular flexibility index (Phi) is 29.3. The largest absolute Gasteiger partial charge is 0.469 e. The van der Waals surface area contributed by atoms with Gasteiger partial charge >= 0.3 is 19.8 Å². The van der Waals surface area contributed by atoms with Gasteiger partial charge in [-0.25, -0.2) is 22.1 Å². The maximum atomic E-state index is 14.1. The van der Waals surface area contributed by atoms with E-state index >= 15 is 0 Å². The summed E-state index contributed by atoms with van der Waals surface area (Å²) in [6.07, 6.45) is 25.0. The molecule has 0 aliphatic rings. The van der Waals surface area contributed by atoms with Crippen molar-refractivity contribution in [2.24, 2.45) is 5.11 Å². The first-order valence-electron chi connectivity index (χ1n) is 20.7.